The van der Waals surface area contributed by atoms with Gasteiger partial charge in [0.25, 0.3) is 0 Å². The Kier molecular flexibility index (Phi) is 2.52. The van der Waals surface area contributed by atoms with Crippen molar-refractivity contribution in [1.29, 1.82) is 0 Å². The maximum Gasteiger partial charge on any atom is 0.127 e. The highest BCUT2D eigenvalue weighted by molar-refractivity contribution is 7.57. The molecular formula is C7H7O4P-2. The molecule has 0 unspecified atom stereocenters. The van der Waals surface area contributed by atoms with E-state index in [-0.39, 0.29) is 11.1 Å². The summed E-state index contributed by atoms with van der Waals surface area (Å²) < 4.78 is 15.3. The predicted molar refractivity (Wildman–Crippen MR) is 40.2 cm³/mol. The molecule has 0 N–H and O–H groups in total. The van der Waals surface area contributed by atoms with Gasteiger partial charge >= 0.3 is 0 Å². The van der Waals surface area contributed by atoms with E-state index in [2.05, 4.69) is 0 Å². The summed E-state index contributed by atoms with van der Waals surface area (Å²) in [6.07, 6.45) is 0. The second-order valence-electron chi connectivity index (χ2n) is 2.17. The first-order chi connectivity index (χ1) is 5.55. The number of hydrogen-bond donors (Lipinski definition) is 0. The fourth-order valence-corrected chi connectivity index (χ4v) is 1.56. The third kappa shape index (κ3) is 1.85. The molecule has 0 saturated carbocycles. The lowest BCUT2D eigenvalue weighted by atomic mass is 10.3. The van der Waals surface area contributed by atoms with E-state index in [1.54, 1.807) is 6.07 Å². The van der Waals surface area contributed by atoms with E-state index in [0.29, 0.717) is 0 Å². The summed E-state index contributed by atoms with van der Waals surface area (Å²) >= 11 is 0. The molecule has 5 heteroatoms. The first-order valence-electron chi connectivity index (χ1n) is 3.21. The van der Waals surface area contributed by atoms with Crippen LogP contribution in [0.2, 0.25) is 0 Å². The molecule has 0 spiro atoms. The molecule has 12 heavy (non-hydrogen) atoms. The van der Waals surface area contributed by atoms with E-state index in [1.807, 2.05) is 0 Å². The lowest BCUT2D eigenvalue weighted by molar-refractivity contribution is -0.308. The van der Waals surface area contributed by atoms with Crippen molar-refractivity contribution in [3.63, 3.8) is 0 Å². The summed E-state index contributed by atoms with van der Waals surface area (Å²) in [6.45, 7) is 0. The van der Waals surface area contributed by atoms with Gasteiger partial charge in [-0.2, -0.15) is 0 Å². The number of hydrogen-bond acceptors (Lipinski definition) is 4. The largest absolute Gasteiger partial charge is 0.807 e. The van der Waals surface area contributed by atoms with Crippen molar-refractivity contribution in [2.75, 3.05) is 7.11 Å². The first kappa shape index (κ1) is 9.26. The van der Waals surface area contributed by atoms with Crippen LogP contribution in [0.5, 0.6) is 5.75 Å². The van der Waals surface area contributed by atoms with Crippen LogP contribution in [0.1, 0.15) is 0 Å². The quantitative estimate of drug-likeness (QED) is 0.569. The van der Waals surface area contributed by atoms with Gasteiger partial charge < -0.3 is 19.1 Å². The minimum absolute atomic E-state index is 0.0887. The highest BCUT2D eigenvalue weighted by atomic mass is 31.2. The van der Waals surface area contributed by atoms with Crippen molar-refractivity contribution in [3.05, 3.63) is 24.3 Å². The van der Waals surface area contributed by atoms with E-state index >= 15 is 0 Å². The smallest absolute Gasteiger partial charge is 0.127 e. The lowest BCUT2D eigenvalue weighted by Crippen LogP contribution is -2.25. The van der Waals surface area contributed by atoms with Crippen molar-refractivity contribution in [3.8, 4) is 5.75 Å². The zero-order valence-corrected chi connectivity index (χ0v) is 7.28. The Labute approximate surface area is 70.0 Å². The maximum absolute atomic E-state index is 10.6. The summed E-state index contributed by atoms with van der Waals surface area (Å²) in [4.78, 5) is 21.2. The van der Waals surface area contributed by atoms with Gasteiger partial charge in [-0.3, -0.25) is 0 Å². The second kappa shape index (κ2) is 3.27. The van der Waals surface area contributed by atoms with E-state index in [9.17, 15) is 14.4 Å². The molecule has 4 nitrogen and oxygen atoms in total. The minimum atomic E-state index is -4.70. The Balaban J connectivity index is 3.23. The van der Waals surface area contributed by atoms with E-state index in [4.69, 9.17) is 4.74 Å². The molecule has 0 fully saturated rings. The molecule has 0 radical (unpaired) electrons. The highest BCUT2D eigenvalue weighted by Gasteiger charge is 2.03. The van der Waals surface area contributed by atoms with Crippen LogP contribution in [-0.2, 0) is 4.57 Å². The topological polar surface area (TPSA) is 72.4 Å². The molecule has 0 aliphatic rings. The van der Waals surface area contributed by atoms with Gasteiger partial charge in [0.05, 0.1) is 7.11 Å². The monoisotopic (exact) mass is 186 g/mol. The molecule has 0 atom stereocenters. The molecule has 0 aliphatic carbocycles. The van der Waals surface area contributed by atoms with Crippen LogP contribution >= 0.6 is 7.60 Å². The van der Waals surface area contributed by atoms with Gasteiger partial charge in [-0.25, -0.2) is 0 Å². The molecule has 1 aromatic rings. The summed E-state index contributed by atoms with van der Waals surface area (Å²) in [5, 5.41) is -0.299. The van der Waals surface area contributed by atoms with E-state index in [0.717, 1.165) is 0 Å². The molecule has 0 aliphatic heterocycles. The van der Waals surface area contributed by atoms with Crippen LogP contribution in [0.4, 0.5) is 0 Å². The minimum Gasteiger partial charge on any atom is -0.807 e. The van der Waals surface area contributed by atoms with Gasteiger partial charge in [-0.05, 0) is 13.7 Å². The highest BCUT2D eigenvalue weighted by Crippen LogP contribution is 2.27. The summed E-state index contributed by atoms with van der Waals surface area (Å²) in [6, 6.07) is 5.72. The Hall–Kier alpha value is -0.830. The fourth-order valence-electron chi connectivity index (χ4n) is 0.856. The van der Waals surface area contributed by atoms with Gasteiger partial charge in [0.2, 0.25) is 0 Å². The lowest BCUT2D eigenvalue weighted by Gasteiger charge is -2.30. The average Bonchev–Trinajstić information content (AvgIpc) is 2.03. The Morgan fingerprint density at radius 1 is 1.33 bits per heavy atom. The number of ether oxygens (including phenoxy) is 1. The fraction of sp³-hybridized carbons (Fsp3) is 0.143. The predicted octanol–water partition coefficient (Wildman–Crippen LogP) is -0.766. The zero-order chi connectivity index (χ0) is 9.19. The van der Waals surface area contributed by atoms with Gasteiger partial charge in [-0.15, -0.1) is 0 Å². The van der Waals surface area contributed by atoms with Gasteiger partial charge in [0.15, 0.2) is 0 Å². The van der Waals surface area contributed by atoms with Gasteiger partial charge in [-0.1, -0.05) is 18.2 Å². The summed E-state index contributed by atoms with van der Waals surface area (Å²) in [7, 11) is -3.38. The normalized spacial score (nSPS) is 11.2. The Bertz CT molecular complexity index is 317. The van der Waals surface area contributed by atoms with Crippen molar-refractivity contribution < 1.29 is 19.1 Å². The van der Waals surface area contributed by atoms with Crippen molar-refractivity contribution in [2.24, 2.45) is 0 Å². The molecule has 0 amide bonds. The van der Waals surface area contributed by atoms with E-state index < -0.39 is 7.60 Å². The van der Waals surface area contributed by atoms with Gasteiger partial charge in [0, 0.05) is 5.30 Å². The molecule has 0 saturated heterocycles. The third-order valence-corrected chi connectivity index (χ3v) is 2.34. The maximum atomic E-state index is 10.6. The number of methoxy groups -OCH3 is 1. The second-order valence-corrected chi connectivity index (χ2v) is 3.65. The molecule has 0 aromatic heterocycles. The summed E-state index contributed by atoms with van der Waals surface area (Å²) in [5.74, 6) is 0.0887. The number of benzene rings is 1. The van der Waals surface area contributed by atoms with Crippen LogP contribution in [-0.4, -0.2) is 7.11 Å². The van der Waals surface area contributed by atoms with Crippen LogP contribution in [0.3, 0.4) is 0 Å². The first-order valence-corrected chi connectivity index (χ1v) is 4.75. The third-order valence-electron chi connectivity index (χ3n) is 1.38. The van der Waals surface area contributed by atoms with Crippen LogP contribution in [0, 0.1) is 0 Å². The SMILES string of the molecule is COc1ccccc1P(=O)([O-])[O-]. The molecule has 0 bridgehead atoms. The van der Waals surface area contributed by atoms with Crippen LogP contribution < -0.4 is 19.8 Å². The molecule has 0 heterocycles. The van der Waals surface area contributed by atoms with Crippen LogP contribution in [0.25, 0.3) is 0 Å². The molecule has 1 aromatic carbocycles. The molecule has 1 rings (SSSR count). The zero-order valence-electron chi connectivity index (χ0n) is 6.39. The van der Waals surface area contributed by atoms with Gasteiger partial charge in [0.1, 0.15) is 5.75 Å². The Morgan fingerprint density at radius 2 is 1.92 bits per heavy atom. The van der Waals surface area contributed by atoms with E-state index in [1.165, 1.54) is 25.3 Å². The Morgan fingerprint density at radius 3 is 2.33 bits per heavy atom. The molecule has 66 valence electrons. The van der Waals surface area contributed by atoms with Crippen molar-refractivity contribution in [1.82, 2.24) is 0 Å². The van der Waals surface area contributed by atoms with Crippen molar-refractivity contribution in [2.45, 2.75) is 0 Å². The van der Waals surface area contributed by atoms with Crippen LogP contribution in [0.15, 0.2) is 24.3 Å². The molecular weight excluding hydrogens is 179 g/mol. The van der Waals surface area contributed by atoms with Crippen molar-refractivity contribution >= 4 is 12.9 Å². The average molecular weight is 186 g/mol. The summed E-state index contributed by atoms with van der Waals surface area (Å²) in [5.41, 5.74) is 0. The number of rotatable bonds is 2. The number of para-hydroxylation sites is 1. The standard InChI is InChI=1S/C7H9O4P/c1-11-6-4-2-3-5-7(6)12(8,9)10/h2-5H,1H3,(H2,8,9,10)/p-2.